The van der Waals surface area contributed by atoms with E-state index in [1.165, 1.54) is 0 Å². The predicted octanol–water partition coefficient (Wildman–Crippen LogP) is 2.10. The maximum absolute atomic E-state index is 9.77. The second-order valence-corrected chi connectivity index (χ2v) is 5.35. The van der Waals surface area contributed by atoms with Gasteiger partial charge in [-0.15, -0.1) is 0 Å². The Morgan fingerprint density at radius 3 is 2.12 bits per heavy atom. The predicted molar refractivity (Wildman–Crippen MR) is 67.9 cm³/mol. The van der Waals surface area contributed by atoms with Gasteiger partial charge in [0.1, 0.15) is 5.75 Å². The molecule has 0 atom stereocenters. The number of aryl methyl sites for hydroxylation is 2. The summed E-state index contributed by atoms with van der Waals surface area (Å²) < 4.78 is 0. The Balaban J connectivity index is 2.33. The van der Waals surface area contributed by atoms with Gasteiger partial charge in [0, 0.05) is 5.54 Å². The van der Waals surface area contributed by atoms with E-state index in [4.69, 9.17) is 5.73 Å². The molecule has 1 aromatic carbocycles. The summed E-state index contributed by atoms with van der Waals surface area (Å²) in [5.74, 6) is 0.355. The Bertz CT molecular complexity index is 397. The Morgan fingerprint density at radius 1 is 1.18 bits per heavy atom. The van der Waals surface area contributed by atoms with Crippen molar-refractivity contribution in [2.75, 3.05) is 0 Å². The summed E-state index contributed by atoms with van der Waals surface area (Å²) in [7, 11) is 0. The third-order valence-corrected chi connectivity index (χ3v) is 3.91. The summed E-state index contributed by atoms with van der Waals surface area (Å²) in [6.45, 7) is 3.79. The number of rotatable bonds is 1. The van der Waals surface area contributed by atoms with Crippen molar-refractivity contribution in [3.63, 3.8) is 0 Å². The number of aliphatic hydroxyl groups is 1. The van der Waals surface area contributed by atoms with Gasteiger partial charge in [-0.1, -0.05) is 12.1 Å². The van der Waals surface area contributed by atoms with Crippen molar-refractivity contribution in [2.24, 2.45) is 5.73 Å². The topological polar surface area (TPSA) is 66.5 Å². The van der Waals surface area contributed by atoms with Crippen LogP contribution in [0, 0.1) is 13.8 Å². The monoisotopic (exact) mass is 235 g/mol. The third-order valence-electron chi connectivity index (χ3n) is 3.91. The van der Waals surface area contributed by atoms with Gasteiger partial charge in [-0.2, -0.15) is 0 Å². The third kappa shape index (κ3) is 2.31. The van der Waals surface area contributed by atoms with Crippen LogP contribution in [0.25, 0.3) is 0 Å². The van der Waals surface area contributed by atoms with Crippen LogP contribution in [0.4, 0.5) is 0 Å². The van der Waals surface area contributed by atoms with E-state index in [1.807, 2.05) is 26.0 Å². The summed E-state index contributed by atoms with van der Waals surface area (Å²) >= 11 is 0. The standard InChI is InChI=1S/C14H21NO2/c1-9-7-11(8-10(2)13(9)17)14(15)5-3-12(16)4-6-14/h7-8,12,16-17H,3-6,15H2,1-2H3. The van der Waals surface area contributed by atoms with Crippen LogP contribution in [0.3, 0.4) is 0 Å². The van der Waals surface area contributed by atoms with Crippen LogP contribution < -0.4 is 5.73 Å². The molecule has 1 fully saturated rings. The van der Waals surface area contributed by atoms with Crippen LogP contribution in [0.2, 0.25) is 0 Å². The molecule has 1 saturated carbocycles. The summed E-state index contributed by atoms with van der Waals surface area (Å²) in [6, 6.07) is 3.94. The second kappa shape index (κ2) is 4.31. The van der Waals surface area contributed by atoms with Gasteiger partial charge in [0.05, 0.1) is 6.10 Å². The summed E-state index contributed by atoms with van der Waals surface area (Å²) in [6.07, 6.45) is 2.92. The normalized spacial score (nSPS) is 29.3. The Kier molecular flexibility index (Phi) is 3.15. The van der Waals surface area contributed by atoms with Crippen LogP contribution in [0.5, 0.6) is 5.75 Å². The van der Waals surface area contributed by atoms with Crippen molar-refractivity contribution in [2.45, 2.75) is 51.2 Å². The van der Waals surface area contributed by atoms with Crippen LogP contribution in [0.15, 0.2) is 12.1 Å². The van der Waals surface area contributed by atoms with E-state index >= 15 is 0 Å². The SMILES string of the molecule is Cc1cc(C2(N)CCC(O)CC2)cc(C)c1O. The van der Waals surface area contributed by atoms with E-state index in [0.717, 1.165) is 42.4 Å². The van der Waals surface area contributed by atoms with E-state index < -0.39 is 0 Å². The highest BCUT2D eigenvalue weighted by atomic mass is 16.3. The molecule has 0 spiro atoms. The molecule has 94 valence electrons. The van der Waals surface area contributed by atoms with Gasteiger partial charge >= 0.3 is 0 Å². The minimum atomic E-state index is -0.345. The number of aliphatic hydroxyl groups excluding tert-OH is 1. The molecular formula is C14H21NO2. The lowest BCUT2D eigenvalue weighted by molar-refractivity contribution is 0.0968. The van der Waals surface area contributed by atoms with Crippen LogP contribution in [-0.4, -0.2) is 16.3 Å². The maximum Gasteiger partial charge on any atom is 0.121 e. The van der Waals surface area contributed by atoms with E-state index in [-0.39, 0.29) is 11.6 Å². The van der Waals surface area contributed by atoms with E-state index in [0.29, 0.717) is 5.75 Å². The molecule has 1 aromatic rings. The van der Waals surface area contributed by atoms with Gasteiger partial charge in [-0.05, 0) is 56.2 Å². The lowest BCUT2D eigenvalue weighted by atomic mass is 9.75. The molecule has 0 bridgehead atoms. The first kappa shape index (κ1) is 12.4. The molecule has 1 aliphatic rings. The first-order valence-corrected chi connectivity index (χ1v) is 6.20. The number of nitrogens with two attached hydrogens (primary N) is 1. The van der Waals surface area contributed by atoms with Gasteiger partial charge in [-0.3, -0.25) is 0 Å². The summed E-state index contributed by atoms with van der Waals surface area (Å²) in [5, 5.41) is 19.3. The number of benzene rings is 1. The van der Waals surface area contributed by atoms with Crippen molar-refractivity contribution in [1.29, 1.82) is 0 Å². The molecular weight excluding hydrogens is 214 g/mol. The van der Waals surface area contributed by atoms with Crippen molar-refractivity contribution in [3.05, 3.63) is 28.8 Å². The minimum absolute atomic E-state index is 0.203. The van der Waals surface area contributed by atoms with Gasteiger partial charge in [-0.25, -0.2) is 0 Å². The molecule has 0 saturated heterocycles. The van der Waals surface area contributed by atoms with E-state index in [9.17, 15) is 10.2 Å². The number of phenols is 1. The van der Waals surface area contributed by atoms with E-state index in [1.54, 1.807) is 0 Å². The van der Waals surface area contributed by atoms with Gasteiger partial charge in [0.25, 0.3) is 0 Å². The highest BCUT2D eigenvalue weighted by Gasteiger charge is 2.33. The molecule has 0 aliphatic heterocycles. The van der Waals surface area contributed by atoms with Crippen molar-refractivity contribution in [3.8, 4) is 5.75 Å². The van der Waals surface area contributed by atoms with Crippen LogP contribution in [-0.2, 0) is 5.54 Å². The quantitative estimate of drug-likeness (QED) is 0.698. The molecule has 0 amide bonds. The average Bonchev–Trinajstić information content (AvgIpc) is 2.29. The Morgan fingerprint density at radius 2 is 1.65 bits per heavy atom. The number of aromatic hydroxyl groups is 1. The van der Waals surface area contributed by atoms with E-state index in [2.05, 4.69) is 0 Å². The molecule has 0 radical (unpaired) electrons. The molecule has 17 heavy (non-hydrogen) atoms. The summed E-state index contributed by atoms with van der Waals surface area (Å²) in [5.41, 5.74) is 8.92. The largest absolute Gasteiger partial charge is 0.507 e. The van der Waals surface area contributed by atoms with Gasteiger partial charge in [0.15, 0.2) is 0 Å². The maximum atomic E-state index is 9.77. The highest BCUT2D eigenvalue weighted by molar-refractivity contribution is 5.44. The molecule has 0 aromatic heterocycles. The molecule has 0 heterocycles. The van der Waals surface area contributed by atoms with Crippen molar-refractivity contribution < 1.29 is 10.2 Å². The first-order chi connectivity index (χ1) is 7.92. The average molecular weight is 235 g/mol. The van der Waals surface area contributed by atoms with Gasteiger partial charge < -0.3 is 15.9 Å². The number of hydrogen-bond donors (Lipinski definition) is 3. The zero-order valence-corrected chi connectivity index (χ0v) is 10.5. The zero-order chi connectivity index (χ0) is 12.6. The molecule has 1 aliphatic carbocycles. The smallest absolute Gasteiger partial charge is 0.121 e. The molecule has 0 unspecified atom stereocenters. The first-order valence-electron chi connectivity index (χ1n) is 6.20. The molecule has 2 rings (SSSR count). The van der Waals surface area contributed by atoms with Crippen LogP contribution in [0.1, 0.15) is 42.4 Å². The fourth-order valence-electron chi connectivity index (χ4n) is 2.65. The number of phenolic OH excluding ortho intramolecular Hbond substituents is 1. The van der Waals surface area contributed by atoms with Crippen molar-refractivity contribution in [1.82, 2.24) is 0 Å². The number of hydrogen-bond acceptors (Lipinski definition) is 3. The minimum Gasteiger partial charge on any atom is -0.507 e. The summed E-state index contributed by atoms with van der Waals surface area (Å²) in [4.78, 5) is 0. The van der Waals surface area contributed by atoms with Crippen molar-refractivity contribution >= 4 is 0 Å². The van der Waals surface area contributed by atoms with Gasteiger partial charge in [0.2, 0.25) is 0 Å². The fourth-order valence-corrected chi connectivity index (χ4v) is 2.65. The highest BCUT2D eigenvalue weighted by Crippen LogP contribution is 2.37. The Labute approximate surface area is 102 Å². The molecule has 3 heteroatoms. The molecule has 3 nitrogen and oxygen atoms in total. The molecule has 4 N–H and O–H groups in total. The Hall–Kier alpha value is -1.06. The second-order valence-electron chi connectivity index (χ2n) is 5.35. The zero-order valence-electron chi connectivity index (χ0n) is 10.5. The lowest BCUT2D eigenvalue weighted by Crippen LogP contribution is -2.41. The fraction of sp³-hybridized carbons (Fsp3) is 0.571. The van der Waals surface area contributed by atoms with Crippen LogP contribution >= 0.6 is 0 Å². The lowest BCUT2D eigenvalue weighted by Gasteiger charge is -2.36.